The SMILES string of the molecule is CC(C)(C)OC(=O)N1CCN(C(=O)c2ccc3cc(CCNc4ccnc5ccc(C#N)cc45)ccc3c2)CC1. The number of pyridine rings is 1. The summed E-state index contributed by atoms with van der Waals surface area (Å²) in [5, 5.41) is 15.8. The van der Waals surface area contributed by atoms with E-state index in [1.54, 1.807) is 22.1 Å². The highest BCUT2D eigenvalue weighted by Gasteiger charge is 2.28. The zero-order valence-corrected chi connectivity index (χ0v) is 23.1. The Labute approximate surface area is 234 Å². The zero-order chi connectivity index (χ0) is 28.3. The third-order valence-electron chi connectivity index (χ3n) is 6.97. The molecule has 0 atom stereocenters. The fourth-order valence-corrected chi connectivity index (χ4v) is 4.90. The van der Waals surface area contributed by atoms with Crippen LogP contribution >= 0.6 is 0 Å². The van der Waals surface area contributed by atoms with Gasteiger partial charge in [0.2, 0.25) is 0 Å². The summed E-state index contributed by atoms with van der Waals surface area (Å²) in [5.41, 5.74) is 3.72. The molecule has 2 amide bonds. The number of carbonyl (C=O) groups is 2. The van der Waals surface area contributed by atoms with Crippen molar-refractivity contribution < 1.29 is 14.3 Å². The predicted octanol–water partition coefficient (Wildman–Crippen LogP) is 5.61. The van der Waals surface area contributed by atoms with E-state index in [1.807, 2.05) is 57.2 Å². The molecule has 0 spiro atoms. The van der Waals surface area contributed by atoms with Gasteiger partial charge in [0.1, 0.15) is 5.60 Å². The number of nitrogens with one attached hydrogen (secondary N) is 1. The summed E-state index contributed by atoms with van der Waals surface area (Å²) in [7, 11) is 0. The van der Waals surface area contributed by atoms with Crippen LogP contribution in [0.5, 0.6) is 0 Å². The molecule has 1 fully saturated rings. The Hall–Kier alpha value is -4.64. The van der Waals surface area contributed by atoms with Gasteiger partial charge >= 0.3 is 6.09 Å². The molecule has 204 valence electrons. The van der Waals surface area contributed by atoms with E-state index in [1.165, 1.54) is 5.56 Å². The second kappa shape index (κ2) is 11.2. The van der Waals surface area contributed by atoms with E-state index in [0.29, 0.717) is 37.3 Å². The number of hydrogen-bond acceptors (Lipinski definition) is 6. The number of anilines is 1. The monoisotopic (exact) mass is 535 g/mol. The molecule has 0 saturated carbocycles. The first kappa shape index (κ1) is 26.9. The van der Waals surface area contributed by atoms with Gasteiger partial charge in [-0.05, 0) is 79.9 Å². The minimum absolute atomic E-state index is 0.0249. The molecule has 4 aromatic rings. The van der Waals surface area contributed by atoms with Crippen LogP contribution in [0, 0.1) is 11.3 Å². The molecule has 2 heterocycles. The van der Waals surface area contributed by atoms with Gasteiger partial charge < -0.3 is 19.9 Å². The van der Waals surface area contributed by atoms with Crippen LogP contribution in [0.4, 0.5) is 10.5 Å². The van der Waals surface area contributed by atoms with Gasteiger partial charge in [-0.3, -0.25) is 9.78 Å². The Kier molecular flexibility index (Phi) is 7.56. The lowest BCUT2D eigenvalue weighted by atomic mass is 10.0. The van der Waals surface area contributed by atoms with Crippen LogP contribution in [-0.2, 0) is 11.2 Å². The molecule has 1 N–H and O–H groups in total. The smallest absolute Gasteiger partial charge is 0.410 e. The van der Waals surface area contributed by atoms with Crippen molar-refractivity contribution in [2.75, 3.05) is 38.0 Å². The third kappa shape index (κ3) is 6.15. The Morgan fingerprint density at radius 1 is 0.950 bits per heavy atom. The lowest BCUT2D eigenvalue weighted by molar-refractivity contribution is 0.0141. The molecule has 0 unspecified atom stereocenters. The van der Waals surface area contributed by atoms with Crippen molar-refractivity contribution in [2.24, 2.45) is 0 Å². The van der Waals surface area contributed by atoms with Gasteiger partial charge in [-0.2, -0.15) is 5.26 Å². The van der Waals surface area contributed by atoms with E-state index in [-0.39, 0.29) is 12.0 Å². The quantitative estimate of drug-likeness (QED) is 0.357. The summed E-state index contributed by atoms with van der Waals surface area (Å²) in [5.74, 6) is -0.0249. The lowest BCUT2D eigenvalue weighted by Gasteiger charge is -2.35. The normalized spacial score (nSPS) is 13.8. The molecule has 0 radical (unpaired) electrons. The molecule has 1 aliphatic rings. The Morgan fingerprint density at radius 3 is 2.42 bits per heavy atom. The van der Waals surface area contributed by atoms with E-state index in [4.69, 9.17) is 4.74 Å². The topological polar surface area (TPSA) is 98.6 Å². The summed E-state index contributed by atoms with van der Waals surface area (Å²) in [6.07, 6.45) is 2.26. The Morgan fingerprint density at radius 2 is 1.68 bits per heavy atom. The largest absolute Gasteiger partial charge is 0.444 e. The number of rotatable bonds is 5. The standard InChI is InChI=1S/C32H33N5O3/c1-32(2,3)40-31(39)37-16-14-36(15-17-37)30(38)26-8-7-24-18-22(4-6-25(24)20-26)10-12-34-29-11-13-35-28-9-5-23(21-33)19-27(28)29/h4-9,11,13,18-20H,10,12,14-17H2,1-3H3,(H,34,35). The van der Waals surface area contributed by atoms with E-state index >= 15 is 0 Å². The second-order valence-corrected chi connectivity index (χ2v) is 11.0. The fourth-order valence-electron chi connectivity index (χ4n) is 4.90. The van der Waals surface area contributed by atoms with Crippen molar-refractivity contribution >= 4 is 39.4 Å². The first-order valence-corrected chi connectivity index (χ1v) is 13.5. The summed E-state index contributed by atoms with van der Waals surface area (Å²) in [4.78, 5) is 33.4. The van der Waals surface area contributed by atoms with Crippen LogP contribution in [-0.4, -0.2) is 65.1 Å². The number of benzene rings is 3. The predicted molar refractivity (Wildman–Crippen MR) is 156 cm³/mol. The average molecular weight is 536 g/mol. The Bertz CT molecular complexity index is 1610. The van der Waals surface area contributed by atoms with Gasteiger partial charge in [0.05, 0.1) is 17.1 Å². The van der Waals surface area contributed by atoms with Crippen molar-refractivity contribution in [2.45, 2.75) is 32.8 Å². The maximum atomic E-state index is 13.2. The highest BCUT2D eigenvalue weighted by molar-refractivity contribution is 5.99. The molecule has 5 rings (SSSR count). The molecular weight excluding hydrogens is 502 g/mol. The third-order valence-corrected chi connectivity index (χ3v) is 6.97. The molecule has 8 nitrogen and oxygen atoms in total. The molecular formula is C32H33N5O3. The van der Waals surface area contributed by atoms with Crippen LogP contribution in [0.2, 0.25) is 0 Å². The number of hydrogen-bond donors (Lipinski definition) is 1. The van der Waals surface area contributed by atoms with Gasteiger partial charge in [-0.25, -0.2) is 4.79 Å². The van der Waals surface area contributed by atoms with Crippen LogP contribution in [0.15, 0.2) is 66.9 Å². The fraction of sp³-hybridized carbons (Fsp3) is 0.312. The van der Waals surface area contributed by atoms with Crippen molar-refractivity contribution in [3.63, 3.8) is 0 Å². The second-order valence-electron chi connectivity index (χ2n) is 11.0. The maximum absolute atomic E-state index is 13.2. The van der Waals surface area contributed by atoms with Crippen LogP contribution in [0.3, 0.4) is 0 Å². The lowest BCUT2D eigenvalue weighted by Crippen LogP contribution is -2.51. The number of nitrogens with zero attached hydrogens (tertiary/aromatic N) is 4. The van der Waals surface area contributed by atoms with E-state index in [0.717, 1.165) is 40.3 Å². The van der Waals surface area contributed by atoms with E-state index in [2.05, 4.69) is 34.6 Å². The number of piperazine rings is 1. The van der Waals surface area contributed by atoms with Gasteiger partial charge in [0.25, 0.3) is 5.91 Å². The highest BCUT2D eigenvalue weighted by atomic mass is 16.6. The molecule has 0 bridgehead atoms. The number of aromatic nitrogens is 1. The minimum Gasteiger partial charge on any atom is -0.444 e. The van der Waals surface area contributed by atoms with Gasteiger partial charge in [0.15, 0.2) is 0 Å². The van der Waals surface area contributed by atoms with Gasteiger partial charge in [-0.15, -0.1) is 0 Å². The molecule has 40 heavy (non-hydrogen) atoms. The van der Waals surface area contributed by atoms with Crippen LogP contribution in [0.25, 0.3) is 21.7 Å². The number of carbonyl (C=O) groups excluding carboxylic acids is 2. The molecule has 1 aromatic heterocycles. The van der Waals surface area contributed by atoms with Crippen molar-refractivity contribution in [3.8, 4) is 6.07 Å². The van der Waals surface area contributed by atoms with Crippen molar-refractivity contribution in [1.82, 2.24) is 14.8 Å². The molecule has 1 aliphatic heterocycles. The van der Waals surface area contributed by atoms with Crippen molar-refractivity contribution in [1.29, 1.82) is 5.26 Å². The maximum Gasteiger partial charge on any atom is 0.410 e. The molecule has 1 saturated heterocycles. The number of ether oxygens (including phenoxy) is 1. The summed E-state index contributed by atoms with van der Waals surface area (Å²) in [6, 6.07) is 21.7. The van der Waals surface area contributed by atoms with Gasteiger partial charge in [-0.1, -0.05) is 24.3 Å². The molecule has 8 heteroatoms. The summed E-state index contributed by atoms with van der Waals surface area (Å²) >= 11 is 0. The summed E-state index contributed by atoms with van der Waals surface area (Å²) < 4.78 is 5.45. The van der Waals surface area contributed by atoms with Crippen LogP contribution in [0.1, 0.15) is 42.3 Å². The molecule has 3 aromatic carbocycles. The van der Waals surface area contributed by atoms with Crippen molar-refractivity contribution in [3.05, 3.63) is 83.6 Å². The Balaban J connectivity index is 1.19. The van der Waals surface area contributed by atoms with Gasteiger partial charge in [0, 0.05) is 55.6 Å². The minimum atomic E-state index is -0.539. The molecule has 0 aliphatic carbocycles. The highest BCUT2D eigenvalue weighted by Crippen LogP contribution is 2.24. The first-order chi connectivity index (χ1) is 19.2. The van der Waals surface area contributed by atoms with Crippen LogP contribution < -0.4 is 5.32 Å². The number of amides is 2. The first-order valence-electron chi connectivity index (χ1n) is 13.5. The van der Waals surface area contributed by atoms with E-state index < -0.39 is 5.60 Å². The number of fused-ring (bicyclic) bond motifs is 2. The van der Waals surface area contributed by atoms with E-state index in [9.17, 15) is 14.9 Å². The number of nitriles is 1. The zero-order valence-electron chi connectivity index (χ0n) is 23.1. The summed E-state index contributed by atoms with van der Waals surface area (Å²) in [6.45, 7) is 8.15. The average Bonchev–Trinajstić information content (AvgIpc) is 2.95.